The smallest absolute Gasteiger partial charge is 0.254 e. The second-order valence-corrected chi connectivity index (χ2v) is 2.20. The molecule has 3 heteroatoms. The highest BCUT2D eigenvalue weighted by Crippen LogP contribution is 2.12. The van der Waals surface area contributed by atoms with E-state index in [1.165, 1.54) is 0 Å². The highest BCUT2D eigenvalue weighted by molar-refractivity contribution is 6.68. The van der Waals surface area contributed by atoms with E-state index >= 15 is 0 Å². The van der Waals surface area contributed by atoms with E-state index in [1.54, 1.807) is 24.3 Å². The predicted molar refractivity (Wildman–Crippen MR) is 41.0 cm³/mol. The molecular formula is C7H6ClNO. The van der Waals surface area contributed by atoms with E-state index in [0.717, 1.165) is 0 Å². The molecule has 0 aliphatic carbocycles. The Morgan fingerprint density at radius 1 is 1.40 bits per heavy atom. The van der Waals surface area contributed by atoms with Gasteiger partial charge in [-0.15, -0.1) is 0 Å². The average Bonchev–Trinajstić information content (AvgIpc) is 1.88. The van der Waals surface area contributed by atoms with Gasteiger partial charge in [0.25, 0.3) is 5.24 Å². The van der Waals surface area contributed by atoms with Gasteiger partial charge in [0.1, 0.15) is 0 Å². The third-order valence-electron chi connectivity index (χ3n) is 1.17. The number of carbonyl (C=O) groups is 1. The molecule has 0 saturated heterocycles. The predicted octanol–water partition coefficient (Wildman–Crippen LogP) is 1.65. The van der Waals surface area contributed by atoms with Crippen molar-refractivity contribution in [3.8, 4) is 0 Å². The van der Waals surface area contributed by atoms with E-state index < -0.39 is 5.24 Å². The van der Waals surface area contributed by atoms with Crippen LogP contribution in [0.4, 0.5) is 5.69 Å². The van der Waals surface area contributed by atoms with Crippen LogP contribution in [-0.2, 0) is 0 Å². The van der Waals surface area contributed by atoms with Gasteiger partial charge in [-0.1, -0.05) is 12.1 Å². The molecule has 0 bridgehead atoms. The lowest BCUT2D eigenvalue weighted by Gasteiger charge is -1.96. The van der Waals surface area contributed by atoms with Gasteiger partial charge < -0.3 is 5.73 Å². The lowest BCUT2D eigenvalue weighted by atomic mass is 10.2. The summed E-state index contributed by atoms with van der Waals surface area (Å²) in [7, 11) is 0. The molecule has 0 saturated carbocycles. The van der Waals surface area contributed by atoms with E-state index in [0.29, 0.717) is 11.3 Å². The maximum atomic E-state index is 10.6. The number of carbonyl (C=O) groups excluding carboxylic acids is 1. The first-order chi connectivity index (χ1) is 4.72. The van der Waals surface area contributed by atoms with Gasteiger partial charge >= 0.3 is 0 Å². The molecule has 0 atom stereocenters. The highest BCUT2D eigenvalue weighted by atomic mass is 35.5. The molecule has 2 N–H and O–H groups in total. The molecule has 2 nitrogen and oxygen atoms in total. The molecule has 0 aliphatic rings. The summed E-state index contributed by atoms with van der Waals surface area (Å²) in [6.07, 6.45) is 0. The Hall–Kier alpha value is -1.02. The summed E-state index contributed by atoms with van der Waals surface area (Å²) in [5, 5.41) is -0.516. The number of halogens is 1. The first-order valence-electron chi connectivity index (χ1n) is 2.76. The first-order valence-corrected chi connectivity index (χ1v) is 3.14. The van der Waals surface area contributed by atoms with Crippen LogP contribution in [0, 0.1) is 0 Å². The summed E-state index contributed by atoms with van der Waals surface area (Å²) in [5.41, 5.74) is 6.20. The van der Waals surface area contributed by atoms with Crippen LogP contribution in [0.3, 0.4) is 0 Å². The summed E-state index contributed by atoms with van der Waals surface area (Å²) in [4.78, 5) is 10.6. The molecule has 1 rings (SSSR count). The van der Waals surface area contributed by atoms with Gasteiger partial charge in [0.15, 0.2) is 0 Å². The zero-order valence-corrected chi connectivity index (χ0v) is 5.93. The van der Waals surface area contributed by atoms with Gasteiger partial charge in [0.2, 0.25) is 0 Å². The normalized spacial score (nSPS) is 9.30. The lowest BCUT2D eigenvalue weighted by Crippen LogP contribution is -1.95. The zero-order chi connectivity index (χ0) is 7.56. The molecule has 10 heavy (non-hydrogen) atoms. The summed E-state index contributed by atoms with van der Waals surface area (Å²) < 4.78 is 0. The maximum absolute atomic E-state index is 10.6. The average molecular weight is 156 g/mol. The Kier molecular flexibility index (Phi) is 1.92. The molecule has 0 fully saturated rings. The van der Waals surface area contributed by atoms with E-state index in [9.17, 15) is 4.79 Å². The van der Waals surface area contributed by atoms with Gasteiger partial charge in [0.05, 0.1) is 5.56 Å². The van der Waals surface area contributed by atoms with Gasteiger partial charge in [-0.25, -0.2) is 0 Å². The van der Waals surface area contributed by atoms with Crippen molar-refractivity contribution in [2.75, 3.05) is 5.73 Å². The van der Waals surface area contributed by atoms with Crippen LogP contribution in [0.25, 0.3) is 0 Å². The number of hydrogen-bond donors (Lipinski definition) is 1. The molecule has 0 spiro atoms. The molecule has 0 unspecified atom stereocenters. The van der Waals surface area contributed by atoms with Crippen LogP contribution < -0.4 is 5.73 Å². The van der Waals surface area contributed by atoms with E-state index in [1.807, 2.05) is 0 Å². The molecule has 52 valence electrons. The molecule has 1 aromatic carbocycles. The van der Waals surface area contributed by atoms with Crippen molar-refractivity contribution in [3.05, 3.63) is 29.8 Å². The summed E-state index contributed by atoms with van der Waals surface area (Å²) in [5.74, 6) is 0. The minimum Gasteiger partial charge on any atom is -0.398 e. The van der Waals surface area contributed by atoms with E-state index in [2.05, 4.69) is 0 Å². The molecule has 0 aliphatic heterocycles. The van der Waals surface area contributed by atoms with Crippen LogP contribution in [0.5, 0.6) is 0 Å². The molecule has 0 amide bonds. The van der Waals surface area contributed by atoms with Crippen LogP contribution in [0.15, 0.2) is 24.3 Å². The van der Waals surface area contributed by atoms with Gasteiger partial charge in [-0.05, 0) is 23.7 Å². The summed E-state index contributed by atoms with van der Waals surface area (Å²) in [6, 6.07) is 6.69. The zero-order valence-electron chi connectivity index (χ0n) is 5.17. The summed E-state index contributed by atoms with van der Waals surface area (Å²) >= 11 is 5.19. The molecular weight excluding hydrogens is 150 g/mol. The number of benzene rings is 1. The number of nitrogen functional groups attached to an aromatic ring is 1. The summed E-state index contributed by atoms with van der Waals surface area (Å²) in [6.45, 7) is 0. The van der Waals surface area contributed by atoms with Crippen LogP contribution in [0.1, 0.15) is 10.4 Å². The van der Waals surface area contributed by atoms with Crippen molar-refractivity contribution >= 4 is 22.5 Å². The third kappa shape index (κ3) is 1.28. The Bertz CT molecular complexity index is 260. The Labute approximate surface area is 63.6 Å². The van der Waals surface area contributed by atoms with Gasteiger partial charge in [0, 0.05) is 5.69 Å². The molecule has 0 heterocycles. The minimum atomic E-state index is -0.516. The van der Waals surface area contributed by atoms with Crippen LogP contribution in [-0.4, -0.2) is 5.24 Å². The third-order valence-corrected chi connectivity index (χ3v) is 1.38. The van der Waals surface area contributed by atoms with Gasteiger partial charge in [-0.3, -0.25) is 4.79 Å². The number of anilines is 1. The largest absolute Gasteiger partial charge is 0.398 e. The Balaban J connectivity index is 3.15. The fraction of sp³-hybridized carbons (Fsp3) is 0. The highest BCUT2D eigenvalue weighted by Gasteiger charge is 2.02. The minimum absolute atomic E-state index is 0.365. The monoisotopic (exact) mass is 155 g/mol. The van der Waals surface area contributed by atoms with Crippen molar-refractivity contribution in [1.82, 2.24) is 0 Å². The topological polar surface area (TPSA) is 43.1 Å². The van der Waals surface area contributed by atoms with E-state index in [-0.39, 0.29) is 0 Å². The van der Waals surface area contributed by atoms with Crippen molar-refractivity contribution in [2.24, 2.45) is 0 Å². The van der Waals surface area contributed by atoms with Gasteiger partial charge in [-0.2, -0.15) is 0 Å². The molecule has 0 aromatic heterocycles. The standard InChI is InChI=1S/C7H6ClNO/c8-7(10)5-3-1-2-4-6(5)9/h1-4H,9H2. The lowest BCUT2D eigenvalue weighted by molar-refractivity contribution is 0.108. The van der Waals surface area contributed by atoms with Crippen molar-refractivity contribution < 1.29 is 4.79 Å². The number of nitrogens with two attached hydrogens (primary N) is 1. The van der Waals surface area contributed by atoms with Crippen LogP contribution >= 0.6 is 11.6 Å². The number of rotatable bonds is 1. The number of para-hydroxylation sites is 1. The fourth-order valence-corrected chi connectivity index (χ4v) is 0.848. The second-order valence-electron chi connectivity index (χ2n) is 1.86. The quantitative estimate of drug-likeness (QED) is 0.495. The van der Waals surface area contributed by atoms with Crippen molar-refractivity contribution in [1.29, 1.82) is 0 Å². The van der Waals surface area contributed by atoms with E-state index in [4.69, 9.17) is 17.3 Å². The first kappa shape index (κ1) is 7.09. The van der Waals surface area contributed by atoms with Crippen LogP contribution in [0.2, 0.25) is 0 Å². The molecule has 1 aromatic rings. The Morgan fingerprint density at radius 3 is 2.40 bits per heavy atom. The molecule has 0 radical (unpaired) electrons. The number of hydrogen-bond acceptors (Lipinski definition) is 2. The fourth-order valence-electron chi connectivity index (χ4n) is 0.676. The van der Waals surface area contributed by atoms with Crippen molar-refractivity contribution in [3.63, 3.8) is 0 Å². The van der Waals surface area contributed by atoms with Crippen molar-refractivity contribution in [2.45, 2.75) is 0 Å². The second kappa shape index (κ2) is 2.71. The maximum Gasteiger partial charge on any atom is 0.254 e. The Morgan fingerprint density at radius 2 is 2.00 bits per heavy atom. The SMILES string of the molecule is Nc1ccccc1C(=O)Cl.